The van der Waals surface area contributed by atoms with Crippen LogP contribution in [-0.2, 0) is 11.2 Å². The number of thiophene rings is 1. The normalized spacial score (nSPS) is 22.4. The molecule has 1 N–H and O–H groups in total. The highest BCUT2D eigenvalue weighted by Gasteiger charge is 2.27. The van der Waals surface area contributed by atoms with Crippen LogP contribution in [0.3, 0.4) is 0 Å². The molecule has 142 valence electrons. The summed E-state index contributed by atoms with van der Waals surface area (Å²) in [7, 11) is 0. The Morgan fingerprint density at radius 1 is 1.33 bits per heavy atom. The lowest BCUT2D eigenvalue weighted by Gasteiger charge is -2.18. The Balaban J connectivity index is 1.55. The van der Waals surface area contributed by atoms with Crippen LogP contribution in [0.15, 0.2) is 0 Å². The molecular formula is C19H23N5O2S. The van der Waals surface area contributed by atoms with Gasteiger partial charge in [-0.1, -0.05) is 6.92 Å². The third kappa shape index (κ3) is 2.82. The number of rotatable bonds is 3. The number of carbonyl (C=O) groups is 1. The minimum absolute atomic E-state index is 0.103. The standard InChI is InChI=1S/C19H23N5O2S/c1-10-5-3-7-13-14(10)15-17-22-16(18(25)20-9-12-6-4-8-26-12)23-24(17)11(2)21-19(15)27-13/h10,12H,3-9H2,1-2H3,(H,20,25). The maximum atomic E-state index is 12.6. The second-order valence-corrected chi connectivity index (χ2v) is 8.67. The Morgan fingerprint density at radius 3 is 3.04 bits per heavy atom. The average molecular weight is 385 g/mol. The van der Waals surface area contributed by atoms with Crippen molar-refractivity contribution in [2.24, 2.45) is 0 Å². The molecule has 1 aliphatic carbocycles. The van der Waals surface area contributed by atoms with E-state index in [2.05, 4.69) is 22.3 Å². The van der Waals surface area contributed by atoms with Crippen molar-refractivity contribution in [1.82, 2.24) is 24.9 Å². The van der Waals surface area contributed by atoms with Gasteiger partial charge in [0.05, 0.1) is 11.5 Å². The summed E-state index contributed by atoms with van der Waals surface area (Å²) in [6, 6.07) is 0. The summed E-state index contributed by atoms with van der Waals surface area (Å²) in [5.41, 5.74) is 2.11. The summed E-state index contributed by atoms with van der Waals surface area (Å²) >= 11 is 1.77. The number of aryl methyl sites for hydroxylation is 2. The summed E-state index contributed by atoms with van der Waals surface area (Å²) in [5, 5.41) is 8.45. The van der Waals surface area contributed by atoms with Crippen molar-refractivity contribution >= 4 is 33.1 Å². The summed E-state index contributed by atoms with van der Waals surface area (Å²) in [6.45, 7) is 5.47. The number of aromatic nitrogens is 4. The van der Waals surface area contributed by atoms with Crippen molar-refractivity contribution in [2.75, 3.05) is 13.2 Å². The highest BCUT2D eigenvalue weighted by molar-refractivity contribution is 7.19. The van der Waals surface area contributed by atoms with Gasteiger partial charge in [-0.3, -0.25) is 4.79 Å². The van der Waals surface area contributed by atoms with Crippen LogP contribution in [0, 0.1) is 6.92 Å². The summed E-state index contributed by atoms with van der Waals surface area (Å²) in [5.74, 6) is 1.20. The first-order chi connectivity index (χ1) is 13.1. The van der Waals surface area contributed by atoms with Gasteiger partial charge >= 0.3 is 0 Å². The van der Waals surface area contributed by atoms with Crippen molar-refractivity contribution in [3.8, 4) is 0 Å². The molecule has 1 amide bonds. The van der Waals surface area contributed by atoms with Gasteiger partial charge in [-0.15, -0.1) is 16.4 Å². The van der Waals surface area contributed by atoms with E-state index in [1.54, 1.807) is 15.9 Å². The largest absolute Gasteiger partial charge is 0.376 e. The Kier molecular flexibility index (Phi) is 4.12. The average Bonchev–Trinajstić information content (AvgIpc) is 3.37. The molecule has 2 atom stereocenters. The van der Waals surface area contributed by atoms with Crippen LogP contribution in [0.2, 0.25) is 0 Å². The fourth-order valence-corrected chi connectivity index (χ4v) is 5.65. The van der Waals surface area contributed by atoms with Crippen LogP contribution >= 0.6 is 11.3 Å². The van der Waals surface area contributed by atoms with Crippen LogP contribution in [0.25, 0.3) is 15.9 Å². The van der Waals surface area contributed by atoms with Crippen LogP contribution in [0.1, 0.15) is 65.4 Å². The van der Waals surface area contributed by atoms with E-state index in [-0.39, 0.29) is 17.8 Å². The zero-order valence-corrected chi connectivity index (χ0v) is 16.4. The monoisotopic (exact) mass is 385 g/mol. The Bertz CT molecular complexity index is 1030. The molecule has 27 heavy (non-hydrogen) atoms. The van der Waals surface area contributed by atoms with Gasteiger partial charge in [-0.2, -0.15) is 4.52 Å². The van der Waals surface area contributed by atoms with Gasteiger partial charge in [0.2, 0.25) is 5.82 Å². The fourth-order valence-electron chi connectivity index (χ4n) is 4.27. The van der Waals surface area contributed by atoms with Gasteiger partial charge in [0.15, 0.2) is 5.65 Å². The quantitative estimate of drug-likeness (QED) is 0.750. The van der Waals surface area contributed by atoms with Crippen LogP contribution < -0.4 is 5.32 Å². The maximum absolute atomic E-state index is 12.6. The van der Waals surface area contributed by atoms with E-state index in [0.29, 0.717) is 12.5 Å². The van der Waals surface area contributed by atoms with Gasteiger partial charge in [0.25, 0.3) is 5.91 Å². The number of nitrogens with one attached hydrogen (secondary N) is 1. The van der Waals surface area contributed by atoms with Crippen molar-refractivity contribution in [2.45, 2.75) is 58.0 Å². The Morgan fingerprint density at radius 2 is 2.22 bits per heavy atom. The highest BCUT2D eigenvalue weighted by atomic mass is 32.1. The van der Waals surface area contributed by atoms with Crippen molar-refractivity contribution in [3.05, 3.63) is 22.1 Å². The molecule has 1 fully saturated rings. The molecule has 0 aromatic carbocycles. The van der Waals surface area contributed by atoms with Crippen LogP contribution in [0.5, 0.6) is 0 Å². The van der Waals surface area contributed by atoms with E-state index in [0.717, 1.165) is 47.6 Å². The maximum Gasteiger partial charge on any atom is 0.291 e. The molecule has 2 aliphatic rings. The molecular weight excluding hydrogens is 362 g/mol. The molecule has 8 heteroatoms. The molecule has 5 rings (SSSR count). The summed E-state index contributed by atoms with van der Waals surface area (Å²) < 4.78 is 7.29. The molecule has 0 saturated carbocycles. The van der Waals surface area contributed by atoms with Crippen molar-refractivity contribution in [3.63, 3.8) is 0 Å². The zero-order chi connectivity index (χ0) is 18.5. The summed E-state index contributed by atoms with van der Waals surface area (Å²) in [6.07, 6.45) is 5.65. The number of nitrogens with zero attached hydrogens (tertiary/aromatic N) is 4. The van der Waals surface area contributed by atoms with E-state index in [9.17, 15) is 4.79 Å². The fraction of sp³-hybridized carbons (Fsp3) is 0.579. The van der Waals surface area contributed by atoms with Gasteiger partial charge in [-0.05, 0) is 50.5 Å². The van der Waals surface area contributed by atoms with Gasteiger partial charge < -0.3 is 10.1 Å². The number of fused-ring (bicyclic) bond motifs is 5. The topological polar surface area (TPSA) is 81.4 Å². The first-order valence-electron chi connectivity index (χ1n) is 9.70. The summed E-state index contributed by atoms with van der Waals surface area (Å²) in [4.78, 5) is 24.4. The lowest BCUT2D eigenvalue weighted by Crippen LogP contribution is -2.32. The SMILES string of the molecule is Cc1nc2sc3c(c2c2nc(C(=O)NCC4CCCO4)nn12)C(C)CCC3. The number of ether oxygens (including phenoxy) is 1. The molecule has 7 nitrogen and oxygen atoms in total. The number of hydrogen-bond donors (Lipinski definition) is 1. The second kappa shape index (κ2) is 6.53. The smallest absolute Gasteiger partial charge is 0.291 e. The van der Waals surface area contributed by atoms with E-state index >= 15 is 0 Å². The van der Waals surface area contributed by atoms with Gasteiger partial charge in [0, 0.05) is 18.0 Å². The van der Waals surface area contributed by atoms with Crippen LogP contribution in [0.4, 0.5) is 0 Å². The third-order valence-electron chi connectivity index (χ3n) is 5.66. The molecule has 1 saturated heterocycles. The Hall–Kier alpha value is -2.06. The predicted molar refractivity (Wildman–Crippen MR) is 104 cm³/mol. The molecule has 3 aromatic heterocycles. The minimum atomic E-state index is -0.251. The van der Waals surface area contributed by atoms with E-state index in [1.165, 1.54) is 23.3 Å². The predicted octanol–water partition coefficient (Wildman–Crippen LogP) is 3.00. The van der Waals surface area contributed by atoms with Gasteiger partial charge in [-0.25, -0.2) is 9.97 Å². The van der Waals surface area contributed by atoms with E-state index in [1.807, 2.05) is 6.92 Å². The minimum Gasteiger partial charge on any atom is -0.376 e. The second-order valence-electron chi connectivity index (χ2n) is 7.59. The Labute approximate surface area is 161 Å². The molecule has 4 heterocycles. The van der Waals surface area contributed by atoms with Gasteiger partial charge in [0.1, 0.15) is 10.7 Å². The van der Waals surface area contributed by atoms with E-state index < -0.39 is 0 Å². The molecule has 2 unspecified atom stereocenters. The first kappa shape index (κ1) is 17.1. The van der Waals surface area contributed by atoms with Crippen LogP contribution in [-0.4, -0.2) is 44.7 Å². The number of amides is 1. The molecule has 1 aliphatic heterocycles. The van der Waals surface area contributed by atoms with E-state index in [4.69, 9.17) is 9.72 Å². The molecule has 3 aromatic rings. The molecule has 0 bridgehead atoms. The molecule has 0 spiro atoms. The lowest BCUT2D eigenvalue weighted by atomic mass is 9.87. The number of carbonyl (C=O) groups excluding carboxylic acids is 1. The highest BCUT2D eigenvalue weighted by Crippen LogP contribution is 2.42. The first-order valence-corrected chi connectivity index (χ1v) is 10.5. The van der Waals surface area contributed by atoms with Crippen molar-refractivity contribution < 1.29 is 9.53 Å². The molecule has 0 radical (unpaired) electrons. The zero-order valence-electron chi connectivity index (χ0n) is 15.6. The third-order valence-corrected chi connectivity index (χ3v) is 6.81. The number of hydrogen-bond acceptors (Lipinski definition) is 6. The van der Waals surface area contributed by atoms with Crippen molar-refractivity contribution in [1.29, 1.82) is 0 Å². The lowest BCUT2D eigenvalue weighted by molar-refractivity contribution is 0.0849.